The Morgan fingerprint density at radius 1 is 1.06 bits per heavy atom. The molecule has 3 aromatic heterocycles. The number of aryl methyl sites for hydroxylation is 1. The first-order chi connectivity index (χ1) is 15.2. The Morgan fingerprint density at radius 2 is 1.87 bits per heavy atom. The van der Waals surface area contributed by atoms with Crippen molar-refractivity contribution in [1.29, 1.82) is 0 Å². The van der Waals surface area contributed by atoms with Crippen molar-refractivity contribution < 1.29 is 4.79 Å². The highest BCUT2D eigenvalue weighted by atomic mass is 32.2. The molecule has 7 nitrogen and oxygen atoms in total. The van der Waals surface area contributed by atoms with Crippen LogP contribution in [0.2, 0.25) is 0 Å². The second-order valence-electron chi connectivity index (χ2n) is 6.98. The van der Waals surface area contributed by atoms with Crippen molar-refractivity contribution >= 4 is 50.7 Å². The number of amides is 1. The fraction of sp³-hybridized carbons (Fsp3) is 0.136. The van der Waals surface area contributed by atoms with Crippen LogP contribution in [-0.4, -0.2) is 36.2 Å². The molecule has 0 aliphatic rings. The van der Waals surface area contributed by atoms with Gasteiger partial charge in [0.15, 0.2) is 15.9 Å². The number of hydrogen-bond acceptors (Lipinski definition) is 7. The molecular formula is C22H18N6OS2. The van der Waals surface area contributed by atoms with Crippen LogP contribution in [0, 0.1) is 6.92 Å². The van der Waals surface area contributed by atoms with Gasteiger partial charge in [0, 0.05) is 17.2 Å². The number of carbonyl (C=O) groups is 1. The van der Waals surface area contributed by atoms with E-state index in [0.717, 1.165) is 33.6 Å². The summed E-state index contributed by atoms with van der Waals surface area (Å²) < 4.78 is 1.96. The average Bonchev–Trinajstić information content (AvgIpc) is 3.39. The van der Waals surface area contributed by atoms with E-state index in [4.69, 9.17) is 4.98 Å². The molecule has 0 spiro atoms. The maximum atomic E-state index is 12.4. The third-order valence-corrected chi connectivity index (χ3v) is 6.49. The highest BCUT2D eigenvalue weighted by Gasteiger charge is 2.17. The summed E-state index contributed by atoms with van der Waals surface area (Å²) in [6.45, 7) is 1.90. The number of benzene rings is 2. The third-order valence-electron chi connectivity index (χ3n) is 4.69. The maximum Gasteiger partial charge on any atom is 0.236 e. The number of hydrogen-bond donors (Lipinski definition) is 1. The van der Waals surface area contributed by atoms with Gasteiger partial charge in [-0.25, -0.2) is 9.97 Å². The van der Waals surface area contributed by atoms with Crippen molar-refractivity contribution in [3.63, 3.8) is 0 Å². The average molecular weight is 447 g/mol. The number of fused-ring (bicyclic) bond motifs is 3. The van der Waals surface area contributed by atoms with Crippen LogP contribution < -0.4 is 5.32 Å². The quantitative estimate of drug-likeness (QED) is 0.390. The number of thioether (sulfide) groups is 1. The molecule has 5 rings (SSSR count). The Bertz CT molecular complexity index is 1380. The molecule has 154 valence electrons. The minimum Gasteiger partial charge on any atom is -0.301 e. The van der Waals surface area contributed by atoms with Gasteiger partial charge in [-0.05, 0) is 24.6 Å². The number of rotatable bonds is 6. The van der Waals surface area contributed by atoms with Crippen molar-refractivity contribution in [2.24, 2.45) is 0 Å². The molecule has 2 aromatic carbocycles. The van der Waals surface area contributed by atoms with E-state index in [2.05, 4.69) is 32.6 Å². The Labute approximate surface area is 186 Å². The Kier molecular flexibility index (Phi) is 5.35. The van der Waals surface area contributed by atoms with Crippen LogP contribution in [0.3, 0.4) is 0 Å². The van der Waals surface area contributed by atoms with Gasteiger partial charge in [0.25, 0.3) is 0 Å². The number of para-hydroxylation sites is 1. The molecule has 0 radical (unpaired) electrons. The molecule has 0 saturated heterocycles. The monoisotopic (exact) mass is 446 g/mol. The van der Waals surface area contributed by atoms with Crippen LogP contribution in [-0.2, 0) is 11.2 Å². The number of nitrogens with one attached hydrogen (secondary N) is 1. The smallest absolute Gasteiger partial charge is 0.236 e. The first-order valence-electron chi connectivity index (χ1n) is 9.69. The van der Waals surface area contributed by atoms with Gasteiger partial charge in [0.05, 0.1) is 17.0 Å². The molecule has 1 N–H and O–H groups in total. The van der Waals surface area contributed by atoms with E-state index in [9.17, 15) is 4.79 Å². The van der Waals surface area contributed by atoms with E-state index in [0.29, 0.717) is 16.7 Å². The summed E-state index contributed by atoms with van der Waals surface area (Å²) in [7, 11) is 0. The number of nitrogens with zero attached hydrogens (tertiary/aromatic N) is 5. The van der Waals surface area contributed by atoms with Gasteiger partial charge in [-0.2, -0.15) is 0 Å². The highest BCUT2D eigenvalue weighted by Crippen LogP contribution is 2.25. The molecule has 31 heavy (non-hydrogen) atoms. The molecule has 0 aliphatic heterocycles. The minimum atomic E-state index is -0.130. The summed E-state index contributed by atoms with van der Waals surface area (Å²) in [5, 5.41) is 15.7. The molecule has 0 fully saturated rings. The maximum absolute atomic E-state index is 12.4. The summed E-state index contributed by atoms with van der Waals surface area (Å²) >= 11 is 2.75. The molecular weight excluding hydrogens is 428 g/mol. The summed E-state index contributed by atoms with van der Waals surface area (Å²) in [5.74, 6) is 0.912. The zero-order chi connectivity index (χ0) is 21.2. The Morgan fingerprint density at radius 3 is 2.68 bits per heavy atom. The number of aromatic nitrogens is 5. The fourth-order valence-electron chi connectivity index (χ4n) is 3.31. The van der Waals surface area contributed by atoms with Crippen LogP contribution >= 0.6 is 23.1 Å². The Balaban J connectivity index is 1.48. The van der Waals surface area contributed by atoms with Crippen LogP contribution in [0.25, 0.3) is 16.6 Å². The normalized spacial score (nSPS) is 11.3. The van der Waals surface area contributed by atoms with Crippen LogP contribution in [0.5, 0.6) is 0 Å². The second kappa shape index (κ2) is 8.44. The van der Waals surface area contributed by atoms with E-state index in [1.807, 2.05) is 59.2 Å². The van der Waals surface area contributed by atoms with Crippen LogP contribution in [0.15, 0.2) is 65.1 Å². The molecule has 0 bridgehead atoms. The predicted molar refractivity (Wildman–Crippen MR) is 124 cm³/mol. The lowest BCUT2D eigenvalue weighted by molar-refractivity contribution is -0.113. The van der Waals surface area contributed by atoms with E-state index in [-0.39, 0.29) is 11.7 Å². The Hall–Kier alpha value is -3.30. The topological polar surface area (TPSA) is 85.1 Å². The van der Waals surface area contributed by atoms with E-state index in [1.54, 1.807) is 0 Å². The lowest BCUT2D eigenvalue weighted by atomic mass is 10.1. The number of carbonyl (C=O) groups excluding carboxylic acids is 1. The first kappa shape index (κ1) is 19.7. The van der Waals surface area contributed by atoms with Crippen LogP contribution in [0.1, 0.15) is 17.1 Å². The van der Waals surface area contributed by atoms with Gasteiger partial charge >= 0.3 is 0 Å². The van der Waals surface area contributed by atoms with Crippen molar-refractivity contribution in [2.75, 3.05) is 11.1 Å². The van der Waals surface area contributed by atoms with Gasteiger partial charge in [-0.1, -0.05) is 54.2 Å². The minimum absolute atomic E-state index is 0.130. The standard InChI is InChI=1S/C22H18N6OS2/c1-14-12-30-21(23-14)25-19(29)13-31-22-27-26-20-16-9-5-6-10-17(16)24-18(28(20)22)11-15-7-3-2-4-8-15/h2-10,12H,11,13H2,1H3,(H,23,25,29). The molecule has 5 aromatic rings. The third kappa shape index (κ3) is 4.14. The highest BCUT2D eigenvalue weighted by molar-refractivity contribution is 7.99. The van der Waals surface area contributed by atoms with E-state index < -0.39 is 0 Å². The van der Waals surface area contributed by atoms with Crippen molar-refractivity contribution in [1.82, 2.24) is 24.6 Å². The summed E-state index contributed by atoms with van der Waals surface area (Å²) in [6.07, 6.45) is 0.637. The molecule has 0 saturated carbocycles. The van der Waals surface area contributed by atoms with Gasteiger partial charge in [0.2, 0.25) is 5.91 Å². The SMILES string of the molecule is Cc1csc(NC(=O)CSc2nnc3c4ccccc4nc(Cc4ccccc4)n23)n1. The van der Waals surface area contributed by atoms with Gasteiger partial charge in [-0.15, -0.1) is 21.5 Å². The summed E-state index contributed by atoms with van der Waals surface area (Å²) in [4.78, 5) is 21.6. The lowest BCUT2D eigenvalue weighted by Gasteiger charge is -2.09. The summed E-state index contributed by atoms with van der Waals surface area (Å²) in [6, 6.07) is 18.1. The lowest BCUT2D eigenvalue weighted by Crippen LogP contribution is -2.14. The van der Waals surface area contributed by atoms with Crippen molar-refractivity contribution in [2.45, 2.75) is 18.5 Å². The van der Waals surface area contributed by atoms with Crippen molar-refractivity contribution in [3.8, 4) is 0 Å². The van der Waals surface area contributed by atoms with Gasteiger partial charge < -0.3 is 5.32 Å². The predicted octanol–water partition coefficient (Wildman–Crippen LogP) is 4.36. The molecule has 1 amide bonds. The van der Waals surface area contributed by atoms with E-state index in [1.165, 1.54) is 23.1 Å². The number of thiazole rings is 1. The summed E-state index contributed by atoms with van der Waals surface area (Å²) in [5.41, 5.74) is 3.66. The van der Waals surface area contributed by atoms with Gasteiger partial charge in [-0.3, -0.25) is 9.20 Å². The zero-order valence-corrected chi connectivity index (χ0v) is 18.3. The van der Waals surface area contributed by atoms with Crippen LogP contribution in [0.4, 0.5) is 5.13 Å². The largest absolute Gasteiger partial charge is 0.301 e. The van der Waals surface area contributed by atoms with E-state index >= 15 is 0 Å². The van der Waals surface area contributed by atoms with Crippen molar-refractivity contribution in [3.05, 3.63) is 77.1 Å². The molecule has 3 heterocycles. The number of anilines is 1. The fourth-order valence-corrected chi connectivity index (χ4v) is 4.77. The molecule has 0 atom stereocenters. The molecule has 0 aliphatic carbocycles. The molecule has 0 unspecified atom stereocenters. The molecule has 9 heteroatoms. The van der Waals surface area contributed by atoms with Gasteiger partial charge in [0.1, 0.15) is 5.82 Å². The first-order valence-corrected chi connectivity index (χ1v) is 11.6. The zero-order valence-electron chi connectivity index (χ0n) is 16.6. The second-order valence-corrected chi connectivity index (χ2v) is 8.78.